The van der Waals surface area contributed by atoms with Crippen LogP contribution in [-0.2, 0) is 4.74 Å². The van der Waals surface area contributed by atoms with Gasteiger partial charge in [-0.25, -0.2) is 13.5 Å². The Balaban J connectivity index is 1.69. The SMILES string of the molecule is O=C(NC[C@H]1CCCO1)c1cnn(-c2cc(F)cc(F)c2)c1-n1cccc1. The van der Waals surface area contributed by atoms with Crippen molar-refractivity contribution in [1.29, 1.82) is 0 Å². The fourth-order valence-corrected chi connectivity index (χ4v) is 3.18. The molecule has 0 spiro atoms. The fraction of sp³-hybridized carbons (Fsp3) is 0.263. The molecule has 1 amide bonds. The Labute approximate surface area is 154 Å². The number of nitrogens with zero attached hydrogens (tertiary/aromatic N) is 3. The number of hydrogen-bond donors (Lipinski definition) is 1. The second-order valence-electron chi connectivity index (χ2n) is 6.36. The highest BCUT2D eigenvalue weighted by atomic mass is 19.1. The maximum absolute atomic E-state index is 13.7. The highest BCUT2D eigenvalue weighted by Crippen LogP contribution is 2.21. The van der Waals surface area contributed by atoms with Crippen molar-refractivity contribution in [1.82, 2.24) is 19.7 Å². The average Bonchev–Trinajstić information content (AvgIpc) is 3.39. The number of nitrogens with one attached hydrogen (secondary N) is 1. The molecule has 3 aromatic rings. The van der Waals surface area contributed by atoms with Crippen LogP contribution in [0.25, 0.3) is 11.5 Å². The second kappa shape index (κ2) is 7.32. The zero-order valence-corrected chi connectivity index (χ0v) is 14.4. The van der Waals surface area contributed by atoms with Crippen LogP contribution < -0.4 is 5.32 Å². The molecule has 4 rings (SSSR count). The summed E-state index contributed by atoms with van der Waals surface area (Å²) in [5, 5.41) is 7.05. The van der Waals surface area contributed by atoms with Crippen LogP contribution in [0.5, 0.6) is 0 Å². The van der Waals surface area contributed by atoms with Crippen molar-refractivity contribution in [3.63, 3.8) is 0 Å². The minimum Gasteiger partial charge on any atom is -0.376 e. The topological polar surface area (TPSA) is 61.1 Å². The Morgan fingerprint density at radius 1 is 1.22 bits per heavy atom. The standard InChI is InChI=1S/C19H18F2N4O2/c20-13-8-14(21)10-15(9-13)25-19(24-5-1-2-6-24)17(12-23-25)18(26)22-11-16-4-3-7-27-16/h1-2,5-6,8-10,12,16H,3-4,7,11H2,(H,22,26)/t16-/m1/s1. The molecular weight excluding hydrogens is 354 g/mol. The van der Waals surface area contributed by atoms with E-state index >= 15 is 0 Å². The molecule has 2 aromatic heterocycles. The molecule has 1 atom stereocenters. The average molecular weight is 372 g/mol. The van der Waals surface area contributed by atoms with Crippen LogP contribution in [-0.4, -0.2) is 39.5 Å². The number of rotatable bonds is 5. The van der Waals surface area contributed by atoms with Gasteiger partial charge in [-0.3, -0.25) is 4.79 Å². The summed E-state index contributed by atoms with van der Waals surface area (Å²) < 4.78 is 35.9. The van der Waals surface area contributed by atoms with Crippen molar-refractivity contribution in [2.45, 2.75) is 18.9 Å². The molecule has 8 heteroatoms. The first-order valence-corrected chi connectivity index (χ1v) is 8.69. The number of carbonyl (C=O) groups excluding carboxylic acids is 1. The van der Waals surface area contributed by atoms with Gasteiger partial charge >= 0.3 is 0 Å². The summed E-state index contributed by atoms with van der Waals surface area (Å²) in [6.07, 6.45) is 6.77. The van der Waals surface area contributed by atoms with Crippen molar-refractivity contribution in [2.24, 2.45) is 0 Å². The van der Waals surface area contributed by atoms with E-state index in [2.05, 4.69) is 10.4 Å². The number of ether oxygens (including phenoxy) is 1. The minimum atomic E-state index is -0.719. The van der Waals surface area contributed by atoms with Gasteiger partial charge in [0.25, 0.3) is 5.91 Å². The molecule has 1 N–H and O–H groups in total. The van der Waals surface area contributed by atoms with Gasteiger partial charge in [0.2, 0.25) is 0 Å². The predicted molar refractivity (Wildman–Crippen MR) is 94.1 cm³/mol. The van der Waals surface area contributed by atoms with E-state index in [9.17, 15) is 13.6 Å². The molecule has 0 saturated carbocycles. The Kier molecular flexibility index (Phi) is 4.72. The van der Waals surface area contributed by atoms with E-state index in [-0.39, 0.29) is 17.7 Å². The Hall–Kier alpha value is -3.00. The molecular formula is C19H18F2N4O2. The molecule has 6 nitrogen and oxygen atoms in total. The first-order chi connectivity index (χ1) is 13.1. The van der Waals surface area contributed by atoms with Gasteiger partial charge in [-0.1, -0.05) is 0 Å². The third-order valence-corrected chi connectivity index (χ3v) is 4.44. The number of benzene rings is 1. The van der Waals surface area contributed by atoms with E-state index in [1.807, 2.05) is 0 Å². The van der Waals surface area contributed by atoms with Gasteiger partial charge in [-0.2, -0.15) is 5.10 Å². The summed E-state index contributed by atoms with van der Waals surface area (Å²) in [5.74, 6) is -1.36. The maximum atomic E-state index is 13.7. The van der Waals surface area contributed by atoms with E-state index in [4.69, 9.17) is 4.74 Å². The fourth-order valence-electron chi connectivity index (χ4n) is 3.18. The van der Waals surface area contributed by atoms with Crippen LogP contribution in [0.2, 0.25) is 0 Å². The minimum absolute atomic E-state index is 0.0105. The zero-order valence-electron chi connectivity index (χ0n) is 14.4. The largest absolute Gasteiger partial charge is 0.376 e. The molecule has 0 bridgehead atoms. The first kappa shape index (κ1) is 17.4. The van der Waals surface area contributed by atoms with Crippen LogP contribution in [0.1, 0.15) is 23.2 Å². The van der Waals surface area contributed by atoms with Crippen LogP contribution in [0.4, 0.5) is 8.78 Å². The lowest BCUT2D eigenvalue weighted by Gasteiger charge is -2.13. The van der Waals surface area contributed by atoms with Crippen LogP contribution in [0, 0.1) is 11.6 Å². The van der Waals surface area contributed by atoms with Crippen molar-refractivity contribution in [3.8, 4) is 11.5 Å². The van der Waals surface area contributed by atoms with Crippen LogP contribution in [0.3, 0.4) is 0 Å². The molecule has 0 unspecified atom stereocenters. The van der Waals surface area contributed by atoms with Crippen LogP contribution in [0.15, 0.2) is 48.9 Å². The highest BCUT2D eigenvalue weighted by Gasteiger charge is 2.22. The van der Waals surface area contributed by atoms with Gasteiger partial charge in [-0.15, -0.1) is 0 Å². The Bertz CT molecular complexity index is 927. The molecule has 27 heavy (non-hydrogen) atoms. The van der Waals surface area contributed by atoms with Gasteiger partial charge < -0.3 is 14.6 Å². The number of hydrogen-bond acceptors (Lipinski definition) is 3. The van der Waals surface area contributed by atoms with E-state index in [0.717, 1.165) is 31.0 Å². The molecule has 1 aliphatic rings. The molecule has 1 fully saturated rings. The van der Waals surface area contributed by atoms with Gasteiger partial charge in [0.1, 0.15) is 17.2 Å². The lowest BCUT2D eigenvalue weighted by atomic mass is 10.2. The van der Waals surface area contributed by atoms with Gasteiger partial charge in [0.15, 0.2) is 5.82 Å². The van der Waals surface area contributed by atoms with E-state index in [1.54, 1.807) is 29.1 Å². The molecule has 1 aromatic carbocycles. The van der Waals surface area contributed by atoms with Gasteiger partial charge in [-0.05, 0) is 37.1 Å². The van der Waals surface area contributed by atoms with E-state index in [1.165, 1.54) is 10.9 Å². The summed E-state index contributed by atoms with van der Waals surface area (Å²) in [7, 11) is 0. The number of carbonyl (C=O) groups is 1. The summed E-state index contributed by atoms with van der Waals surface area (Å²) in [6.45, 7) is 1.11. The lowest BCUT2D eigenvalue weighted by molar-refractivity contribution is 0.0857. The quantitative estimate of drug-likeness (QED) is 0.749. The molecule has 1 aliphatic heterocycles. The molecule has 140 valence electrons. The van der Waals surface area contributed by atoms with Crippen molar-refractivity contribution in [3.05, 3.63) is 66.1 Å². The second-order valence-corrected chi connectivity index (χ2v) is 6.36. The summed E-state index contributed by atoms with van der Waals surface area (Å²) in [6, 6.07) is 6.70. The van der Waals surface area contributed by atoms with Crippen molar-refractivity contribution < 1.29 is 18.3 Å². The third kappa shape index (κ3) is 3.61. The first-order valence-electron chi connectivity index (χ1n) is 8.69. The summed E-state index contributed by atoms with van der Waals surface area (Å²) in [5.41, 5.74) is 0.489. The number of halogens is 2. The van der Waals surface area contributed by atoms with Crippen molar-refractivity contribution >= 4 is 5.91 Å². The predicted octanol–water partition coefficient (Wildman–Crippen LogP) is 2.85. The normalized spacial score (nSPS) is 16.6. The molecule has 1 saturated heterocycles. The summed E-state index contributed by atoms with van der Waals surface area (Å²) >= 11 is 0. The highest BCUT2D eigenvalue weighted by molar-refractivity contribution is 5.97. The van der Waals surface area contributed by atoms with Crippen LogP contribution >= 0.6 is 0 Å². The maximum Gasteiger partial charge on any atom is 0.256 e. The Morgan fingerprint density at radius 3 is 2.63 bits per heavy atom. The summed E-state index contributed by atoms with van der Waals surface area (Å²) in [4.78, 5) is 12.7. The smallest absolute Gasteiger partial charge is 0.256 e. The molecule has 0 aliphatic carbocycles. The van der Waals surface area contributed by atoms with Gasteiger partial charge in [0, 0.05) is 31.6 Å². The third-order valence-electron chi connectivity index (χ3n) is 4.44. The van der Waals surface area contributed by atoms with Crippen molar-refractivity contribution in [2.75, 3.05) is 13.2 Å². The monoisotopic (exact) mass is 372 g/mol. The number of amides is 1. The van der Waals surface area contributed by atoms with E-state index < -0.39 is 11.6 Å². The Morgan fingerprint density at radius 2 is 1.96 bits per heavy atom. The molecule has 0 radical (unpaired) electrons. The zero-order chi connectivity index (χ0) is 18.8. The lowest BCUT2D eigenvalue weighted by Crippen LogP contribution is -2.32. The molecule has 3 heterocycles. The van der Waals surface area contributed by atoms with E-state index in [0.29, 0.717) is 24.5 Å². The number of aromatic nitrogens is 3. The van der Waals surface area contributed by atoms with Gasteiger partial charge in [0.05, 0.1) is 18.0 Å².